The number of hydrogen-bond donors (Lipinski definition) is 1. The average Bonchev–Trinajstić information content (AvgIpc) is 3.47. The van der Waals surface area contributed by atoms with Crippen molar-refractivity contribution in [3.8, 4) is 0 Å². The highest BCUT2D eigenvalue weighted by Crippen LogP contribution is 2.48. The van der Waals surface area contributed by atoms with Gasteiger partial charge in [-0.05, 0) is 38.0 Å². The predicted molar refractivity (Wildman–Crippen MR) is 123 cm³/mol. The van der Waals surface area contributed by atoms with Gasteiger partial charge in [-0.3, -0.25) is 9.59 Å². The van der Waals surface area contributed by atoms with Crippen molar-refractivity contribution in [3.05, 3.63) is 0 Å². The predicted octanol–water partition coefficient (Wildman–Crippen LogP) is 2.43. The fraction of sp³-hybridized carbons (Fsp3) is 0.920. The fourth-order valence-electron chi connectivity index (χ4n) is 6.50. The molecule has 1 saturated carbocycles. The van der Waals surface area contributed by atoms with E-state index >= 15 is 0 Å². The Morgan fingerprint density at radius 2 is 1.81 bits per heavy atom. The van der Waals surface area contributed by atoms with Crippen LogP contribution in [0.2, 0.25) is 0 Å². The van der Waals surface area contributed by atoms with Crippen LogP contribution in [-0.4, -0.2) is 85.3 Å². The highest BCUT2D eigenvalue weighted by molar-refractivity contribution is 5.86. The second-order valence-electron chi connectivity index (χ2n) is 11.9. The molecule has 2 amide bonds. The summed E-state index contributed by atoms with van der Waals surface area (Å²) in [5.74, 6) is 0.827. The third-order valence-electron chi connectivity index (χ3n) is 8.54. The molecule has 2 bridgehead atoms. The van der Waals surface area contributed by atoms with Gasteiger partial charge in [-0.25, -0.2) is 0 Å². The molecule has 0 radical (unpaired) electrons. The van der Waals surface area contributed by atoms with Crippen LogP contribution in [0.15, 0.2) is 0 Å². The number of piperazine rings is 1. The van der Waals surface area contributed by atoms with Crippen LogP contribution in [0.25, 0.3) is 0 Å². The van der Waals surface area contributed by atoms with Crippen LogP contribution in [-0.2, 0) is 19.1 Å². The first-order chi connectivity index (χ1) is 15.1. The number of carbonyl (C=O) groups is 2. The summed E-state index contributed by atoms with van der Waals surface area (Å²) in [5.41, 5.74) is -0.679. The highest BCUT2D eigenvalue weighted by atomic mass is 16.5. The van der Waals surface area contributed by atoms with E-state index < -0.39 is 0 Å². The Kier molecular flexibility index (Phi) is 6.65. The molecule has 4 rings (SSSR count). The molecular formula is C25H43N3O4. The van der Waals surface area contributed by atoms with Crippen molar-refractivity contribution in [2.24, 2.45) is 16.7 Å². The average molecular weight is 450 g/mol. The third kappa shape index (κ3) is 4.21. The Hall–Kier alpha value is -1.18. The smallest absolute Gasteiger partial charge is 0.229 e. The summed E-state index contributed by atoms with van der Waals surface area (Å²) < 4.78 is 11.2. The molecule has 0 aromatic heterocycles. The second-order valence-corrected chi connectivity index (χ2v) is 11.9. The fourth-order valence-corrected chi connectivity index (χ4v) is 6.50. The van der Waals surface area contributed by atoms with E-state index in [0.29, 0.717) is 37.6 Å². The highest BCUT2D eigenvalue weighted by Gasteiger charge is 2.55. The van der Waals surface area contributed by atoms with Gasteiger partial charge in [0.2, 0.25) is 11.8 Å². The molecule has 1 N–H and O–H groups in total. The molecule has 0 spiro atoms. The Labute approximate surface area is 193 Å². The largest absolute Gasteiger partial charge is 0.379 e. The summed E-state index contributed by atoms with van der Waals surface area (Å²) in [6.45, 7) is 13.1. The quantitative estimate of drug-likeness (QED) is 0.698. The minimum atomic E-state index is -0.368. The maximum Gasteiger partial charge on any atom is 0.229 e. The van der Waals surface area contributed by atoms with Gasteiger partial charge < -0.3 is 24.6 Å². The number of methoxy groups -OCH3 is 1. The molecule has 4 aliphatic rings. The number of hydrogen-bond acceptors (Lipinski definition) is 5. The standard InChI is InChI=1S/C25H43N3O4/c1-16(2)25(9-7-17(12-25)26-20-8-10-32-15-21(20)31-6)23(30)28-14-18-11-19(28)13-27(18)22(29)24(3,4)5/h16-21,26H,7-15H2,1-6H3/t17-,18+,19+,20+,21-,25+/m1/s1. The number of likely N-dealkylation sites (tertiary alicyclic amines) is 2. The van der Waals surface area contributed by atoms with Crippen LogP contribution < -0.4 is 5.32 Å². The zero-order valence-corrected chi connectivity index (χ0v) is 20.9. The van der Waals surface area contributed by atoms with Crippen molar-refractivity contribution in [2.75, 3.05) is 33.4 Å². The Bertz CT molecular complexity index is 720. The molecule has 3 heterocycles. The number of fused-ring (bicyclic) bond motifs is 2. The lowest BCUT2D eigenvalue weighted by atomic mass is 9.74. The van der Waals surface area contributed by atoms with Crippen LogP contribution in [0.4, 0.5) is 0 Å². The van der Waals surface area contributed by atoms with Crippen LogP contribution in [0.5, 0.6) is 0 Å². The van der Waals surface area contributed by atoms with E-state index in [1.165, 1.54) is 0 Å². The number of ether oxygens (including phenoxy) is 2. The van der Waals surface area contributed by atoms with E-state index in [1.54, 1.807) is 7.11 Å². The van der Waals surface area contributed by atoms with E-state index in [-0.39, 0.29) is 41.0 Å². The van der Waals surface area contributed by atoms with E-state index in [1.807, 2.05) is 25.7 Å². The maximum absolute atomic E-state index is 14.0. The lowest BCUT2D eigenvalue weighted by molar-refractivity contribution is -0.151. The Balaban J connectivity index is 1.42. The van der Waals surface area contributed by atoms with E-state index in [9.17, 15) is 9.59 Å². The molecule has 0 aromatic rings. The minimum absolute atomic E-state index is 0.0779. The Morgan fingerprint density at radius 1 is 1.12 bits per heavy atom. The lowest BCUT2D eigenvalue weighted by Crippen LogP contribution is -2.57. The van der Waals surface area contributed by atoms with Gasteiger partial charge >= 0.3 is 0 Å². The molecule has 32 heavy (non-hydrogen) atoms. The van der Waals surface area contributed by atoms with Gasteiger partial charge in [-0.15, -0.1) is 0 Å². The second kappa shape index (κ2) is 8.88. The van der Waals surface area contributed by atoms with Gasteiger partial charge in [0.15, 0.2) is 0 Å². The van der Waals surface area contributed by atoms with E-state index in [2.05, 4.69) is 24.1 Å². The van der Waals surface area contributed by atoms with Gasteiger partial charge in [0, 0.05) is 44.3 Å². The molecule has 3 aliphatic heterocycles. The summed E-state index contributed by atoms with van der Waals surface area (Å²) >= 11 is 0. The first-order valence-electron chi connectivity index (χ1n) is 12.6. The molecule has 4 fully saturated rings. The topological polar surface area (TPSA) is 71.1 Å². The first kappa shape index (κ1) is 24.0. The summed E-state index contributed by atoms with van der Waals surface area (Å²) in [6, 6.07) is 0.979. The molecule has 3 saturated heterocycles. The van der Waals surface area contributed by atoms with Crippen LogP contribution in [0, 0.1) is 16.7 Å². The summed E-state index contributed by atoms with van der Waals surface area (Å²) in [5, 5.41) is 3.82. The van der Waals surface area contributed by atoms with Gasteiger partial charge in [0.1, 0.15) is 0 Å². The number of nitrogens with one attached hydrogen (secondary N) is 1. The summed E-state index contributed by atoms with van der Waals surface area (Å²) in [4.78, 5) is 31.0. The zero-order chi connectivity index (χ0) is 23.3. The van der Waals surface area contributed by atoms with Crippen molar-refractivity contribution < 1.29 is 19.1 Å². The maximum atomic E-state index is 14.0. The van der Waals surface area contributed by atoms with Crippen molar-refractivity contribution in [2.45, 2.75) is 97.0 Å². The zero-order valence-electron chi connectivity index (χ0n) is 20.9. The lowest BCUT2D eigenvalue weighted by Gasteiger charge is -2.42. The number of nitrogens with zero attached hydrogens (tertiary/aromatic N) is 2. The minimum Gasteiger partial charge on any atom is -0.379 e. The van der Waals surface area contributed by atoms with Gasteiger partial charge in [-0.1, -0.05) is 34.6 Å². The van der Waals surface area contributed by atoms with E-state index in [0.717, 1.165) is 38.7 Å². The van der Waals surface area contributed by atoms with Crippen LogP contribution in [0.3, 0.4) is 0 Å². The molecule has 7 nitrogen and oxygen atoms in total. The molecule has 7 heteroatoms. The van der Waals surface area contributed by atoms with Crippen molar-refractivity contribution in [1.82, 2.24) is 15.1 Å². The van der Waals surface area contributed by atoms with Crippen LogP contribution >= 0.6 is 0 Å². The van der Waals surface area contributed by atoms with Gasteiger partial charge in [0.05, 0.1) is 30.2 Å². The van der Waals surface area contributed by atoms with Crippen molar-refractivity contribution >= 4 is 11.8 Å². The van der Waals surface area contributed by atoms with Crippen molar-refractivity contribution in [3.63, 3.8) is 0 Å². The number of carbonyl (C=O) groups excluding carboxylic acids is 2. The van der Waals surface area contributed by atoms with Gasteiger partial charge in [-0.2, -0.15) is 0 Å². The number of rotatable bonds is 5. The van der Waals surface area contributed by atoms with E-state index in [4.69, 9.17) is 9.47 Å². The molecule has 0 aromatic carbocycles. The SMILES string of the molecule is CO[C@@H]1COCC[C@@H]1N[C@@H]1CC[C@@](C(=O)N2C[C@@H]3C[C@H]2CN3C(=O)C(C)(C)C)(C(C)C)C1. The molecule has 6 atom stereocenters. The van der Waals surface area contributed by atoms with Gasteiger partial charge in [0.25, 0.3) is 0 Å². The molecule has 182 valence electrons. The van der Waals surface area contributed by atoms with Crippen molar-refractivity contribution in [1.29, 1.82) is 0 Å². The monoisotopic (exact) mass is 449 g/mol. The third-order valence-corrected chi connectivity index (χ3v) is 8.54. The molecule has 1 aliphatic carbocycles. The molecular weight excluding hydrogens is 406 g/mol. The number of amides is 2. The normalized spacial score (nSPS) is 37.5. The van der Waals surface area contributed by atoms with Crippen LogP contribution in [0.1, 0.15) is 66.7 Å². The Morgan fingerprint density at radius 3 is 2.41 bits per heavy atom. The molecule has 0 unspecified atom stereocenters. The first-order valence-corrected chi connectivity index (χ1v) is 12.6. The summed E-state index contributed by atoms with van der Waals surface area (Å²) in [7, 11) is 1.75. The summed E-state index contributed by atoms with van der Waals surface area (Å²) in [6.07, 6.45) is 4.80.